The van der Waals surface area contributed by atoms with Crippen LogP contribution in [0.15, 0.2) is 24.5 Å². The number of ether oxygens (including phenoxy) is 1. The van der Waals surface area contributed by atoms with E-state index < -0.39 is 5.60 Å². The Balaban J connectivity index is 1.50. The number of hydrogen-bond acceptors (Lipinski definition) is 5. The van der Waals surface area contributed by atoms with Crippen molar-refractivity contribution in [3.63, 3.8) is 0 Å². The first-order chi connectivity index (χ1) is 12.9. The van der Waals surface area contributed by atoms with Crippen LogP contribution in [0.25, 0.3) is 11.3 Å². The van der Waals surface area contributed by atoms with Crippen LogP contribution in [0.3, 0.4) is 0 Å². The monoisotopic (exact) mass is 390 g/mol. The summed E-state index contributed by atoms with van der Waals surface area (Å²) in [4.78, 5) is 4.26. The van der Waals surface area contributed by atoms with Gasteiger partial charge in [-0.15, -0.1) is 0 Å². The summed E-state index contributed by atoms with van der Waals surface area (Å²) in [7, 11) is 0. The Hall–Kier alpha value is -1.63. The molecule has 1 aliphatic heterocycles. The first-order valence-electron chi connectivity index (χ1n) is 9.68. The number of aliphatic hydroxyl groups is 1. The van der Waals surface area contributed by atoms with Crippen LogP contribution in [0.5, 0.6) is 0 Å². The molecule has 2 N–H and O–H groups in total. The molecular weight excluding hydrogens is 364 g/mol. The Bertz CT molecular complexity index is 790. The third-order valence-corrected chi connectivity index (χ3v) is 6.04. The molecule has 0 spiro atoms. The smallest absolute Gasteiger partial charge is 0.131 e. The summed E-state index contributed by atoms with van der Waals surface area (Å²) in [5.41, 5.74) is 2.22. The van der Waals surface area contributed by atoms with Crippen molar-refractivity contribution in [3.8, 4) is 11.3 Å². The lowest BCUT2D eigenvalue weighted by Gasteiger charge is -2.36. The second-order valence-electron chi connectivity index (χ2n) is 8.27. The number of nitrogens with zero attached hydrogens (tertiary/aromatic N) is 3. The summed E-state index contributed by atoms with van der Waals surface area (Å²) in [5, 5.41) is 19.1. The van der Waals surface area contributed by atoms with E-state index in [1.165, 1.54) is 0 Å². The van der Waals surface area contributed by atoms with Crippen molar-refractivity contribution >= 4 is 17.3 Å². The van der Waals surface area contributed by atoms with Crippen LogP contribution < -0.4 is 5.32 Å². The molecule has 0 bridgehead atoms. The molecule has 0 radical (unpaired) electrons. The number of pyridine rings is 1. The zero-order valence-corrected chi connectivity index (χ0v) is 16.6. The van der Waals surface area contributed by atoms with Gasteiger partial charge in [0.15, 0.2) is 0 Å². The van der Waals surface area contributed by atoms with E-state index in [2.05, 4.69) is 10.3 Å². The van der Waals surface area contributed by atoms with Gasteiger partial charge in [-0.3, -0.25) is 4.68 Å². The van der Waals surface area contributed by atoms with E-state index in [1.54, 1.807) is 6.20 Å². The molecular formula is C20H27ClN4O2. The molecule has 4 rings (SSSR count). The van der Waals surface area contributed by atoms with Crippen LogP contribution in [-0.4, -0.2) is 44.7 Å². The van der Waals surface area contributed by atoms with Crippen LogP contribution in [0.2, 0.25) is 5.15 Å². The highest BCUT2D eigenvalue weighted by Crippen LogP contribution is 2.36. The molecule has 3 heterocycles. The predicted molar refractivity (Wildman–Crippen MR) is 106 cm³/mol. The van der Waals surface area contributed by atoms with Gasteiger partial charge in [0.1, 0.15) is 5.15 Å². The zero-order chi connectivity index (χ0) is 19.0. The average molecular weight is 391 g/mol. The van der Waals surface area contributed by atoms with E-state index in [9.17, 15) is 5.11 Å². The molecule has 2 fully saturated rings. The maximum absolute atomic E-state index is 10.3. The van der Waals surface area contributed by atoms with Gasteiger partial charge in [-0.05, 0) is 57.6 Å². The molecule has 1 aliphatic carbocycles. The summed E-state index contributed by atoms with van der Waals surface area (Å²) >= 11 is 6.17. The van der Waals surface area contributed by atoms with Crippen molar-refractivity contribution in [1.29, 1.82) is 0 Å². The second-order valence-corrected chi connectivity index (χ2v) is 8.66. The predicted octanol–water partition coefficient (Wildman–Crippen LogP) is 3.91. The Morgan fingerprint density at radius 1 is 1.26 bits per heavy atom. The summed E-state index contributed by atoms with van der Waals surface area (Å²) in [6, 6.07) is 4.58. The van der Waals surface area contributed by atoms with Crippen molar-refractivity contribution in [3.05, 3.63) is 29.7 Å². The van der Waals surface area contributed by atoms with Gasteiger partial charge in [0.05, 0.1) is 30.6 Å². The number of nitrogens with one attached hydrogen (secondary N) is 1. The lowest BCUT2D eigenvalue weighted by molar-refractivity contribution is -0.0285. The van der Waals surface area contributed by atoms with Crippen LogP contribution in [-0.2, 0) is 4.74 Å². The largest absolute Gasteiger partial charge is 0.390 e. The lowest BCUT2D eigenvalue weighted by atomic mass is 9.77. The molecule has 2 aliphatic rings. The van der Waals surface area contributed by atoms with Gasteiger partial charge in [0.2, 0.25) is 0 Å². The highest BCUT2D eigenvalue weighted by Gasteiger charge is 2.31. The molecule has 0 unspecified atom stereocenters. The molecule has 0 atom stereocenters. The number of aromatic nitrogens is 3. The summed E-state index contributed by atoms with van der Waals surface area (Å²) in [5.74, 6) is 0.358. The topological polar surface area (TPSA) is 72.2 Å². The maximum Gasteiger partial charge on any atom is 0.131 e. The summed E-state index contributed by atoms with van der Waals surface area (Å²) in [6.07, 6.45) is 7.88. The summed E-state index contributed by atoms with van der Waals surface area (Å²) < 4.78 is 7.22. The first kappa shape index (κ1) is 18.7. The number of hydrogen-bond donors (Lipinski definition) is 2. The lowest BCUT2D eigenvalue weighted by Crippen LogP contribution is -2.37. The fourth-order valence-electron chi connectivity index (χ4n) is 3.98. The van der Waals surface area contributed by atoms with E-state index in [0.29, 0.717) is 23.2 Å². The molecule has 2 aromatic rings. The van der Waals surface area contributed by atoms with Crippen LogP contribution in [0.4, 0.5) is 5.69 Å². The fraction of sp³-hybridized carbons (Fsp3) is 0.600. The van der Waals surface area contributed by atoms with Crippen LogP contribution in [0.1, 0.15) is 45.6 Å². The van der Waals surface area contributed by atoms with Crippen molar-refractivity contribution in [2.75, 3.05) is 18.5 Å². The SMILES string of the molecule is CC(C)(O)C1CCC(Nc2cc(Cl)ncc2-c2ccn(C3COC3)n2)CC1. The number of anilines is 1. The molecule has 27 heavy (non-hydrogen) atoms. The molecule has 6 nitrogen and oxygen atoms in total. The molecule has 7 heteroatoms. The van der Waals surface area contributed by atoms with Gasteiger partial charge < -0.3 is 15.2 Å². The van der Waals surface area contributed by atoms with Gasteiger partial charge >= 0.3 is 0 Å². The average Bonchev–Trinajstić information content (AvgIpc) is 3.02. The van der Waals surface area contributed by atoms with Crippen LogP contribution in [0, 0.1) is 5.92 Å². The van der Waals surface area contributed by atoms with Gasteiger partial charge in [-0.2, -0.15) is 5.10 Å². The van der Waals surface area contributed by atoms with Gasteiger partial charge in [0, 0.05) is 29.7 Å². The molecule has 0 aromatic carbocycles. The van der Waals surface area contributed by atoms with Gasteiger partial charge in [-0.1, -0.05) is 11.6 Å². The van der Waals surface area contributed by atoms with Crippen molar-refractivity contribution < 1.29 is 9.84 Å². The van der Waals surface area contributed by atoms with E-state index in [-0.39, 0.29) is 0 Å². The normalized spacial score (nSPS) is 23.9. The quantitative estimate of drug-likeness (QED) is 0.757. The minimum absolute atomic E-state index is 0.326. The molecule has 2 aromatic heterocycles. The third-order valence-electron chi connectivity index (χ3n) is 5.84. The van der Waals surface area contributed by atoms with Gasteiger partial charge in [0.25, 0.3) is 0 Å². The Morgan fingerprint density at radius 3 is 2.63 bits per heavy atom. The van der Waals surface area contributed by atoms with E-state index in [0.717, 1.165) is 55.8 Å². The summed E-state index contributed by atoms with van der Waals surface area (Å²) in [6.45, 7) is 5.26. The molecule has 1 saturated carbocycles. The maximum atomic E-state index is 10.3. The first-order valence-corrected chi connectivity index (χ1v) is 10.1. The molecule has 0 amide bonds. The highest BCUT2D eigenvalue weighted by atomic mass is 35.5. The Labute approximate surface area is 164 Å². The van der Waals surface area contributed by atoms with Crippen molar-refractivity contribution in [1.82, 2.24) is 14.8 Å². The number of rotatable bonds is 5. The van der Waals surface area contributed by atoms with E-state index >= 15 is 0 Å². The fourth-order valence-corrected chi connectivity index (χ4v) is 4.14. The van der Waals surface area contributed by atoms with Crippen molar-refractivity contribution in [2.24, 2.45) is 5.92 Å². The van der Waals surface area contributed by atoms with Crippen molar-refractivity contribution in [2.45, 2.75) is 57.2 Å². The molecule has 1 saturated heterocycles. The number of halogens is 1. The minimum Gasteiger partial charge on any atom is -0.390 e. The van der Waals surface area contributed by atoms with Gasteiger partial charge in [-0.25, -0.2) is 4.98 Å². The Morgan fingerprint density at radius 2 is 2.00 bits per heavy atom. The minimum atomic E-state index is -0.603. The third kappa shape index (κ3) is 4.13. The van der Waals surface area contributed by atoms with Crippen LogP contribution >= 0.6 is 11.6 Å². The standard InChI is InChI=1S/C20H27ClN4O2/c1-20(2,26)13-3-5-14(6-4-13)23-18-9-19(21)22-10-16(18)17-7-8-25(24-17)15-11-27-12-15/h7-10,13-15,26H,3-6,11-12H2,1-2H3,(H,22,23). The highest BCUT2D eigenvalue weighted by molar-refractivity contribution is 6.29. The Kier molecular flexibility index (Phi) is 5.14. The second kappa shape index (κ2) is 7.41. The zero-order valence-electron chi connectivity index (χ0n) is 15.9. The van der Waals surface area contributed by atoms with E-state index in [4.69, 9.17) is 21.4 Å². The van der Waals surface area contributed by atoms with E-state index in [1.807, 2.05) is 36.9 Å². The molecule has 146 valence electrons.